The minimum absolute atomic E-state index is 0.0256. The number of carbonyl (C=O) groups is 2. The summed E-state index contributed by atoms with van der Waals surface area (Å²) in [6, 6.07) is 0. The van der Waals surface area contributed by atoms with Crippen molar-refractivity contribution in [2.45, 2.75) is 19.0 Å². The van der Waals surface area contributed by atoms with Crippen LogP contribution in [0.5, 0.6) is 0 Å². The highest BCUT2D eigenvalue weighted by atomic mass is 31.1. The number of hydrogen-bond donors (Lipinski definition) is 0. The highest BCUT2D eigenvalue weighted by molar-refractivity contribution is 7.45. The van der Waals surface area contributed by atoms with Crippen molar-refractivity contribution in [2.75, 3.05) is 14.2 Å². The van der Waals surface area contributed by atoms with Crippen molar-refractivity contribution in [3.05, 3.63) is 11.1 Å². The second-order valence-electron chi connectivity index (χ2n) is 3.79. The Bertz CT molecular complexity index is 405. The molecule has 1 unspecified atom stereocenters. The Balaban J connectivity index is 3.20. The van der Waals surface area contributed by atoms with Gasteiger partial charge < -0.3 is 9.47 Å². The fraction of sp³-hybridized carbons (Fsp3) is 0.500. The van der Waals surface area contributed by atoms with Crippen LogP contribution in [0.3, 0.4) is 0 Å². The summed E-state index contributed by atoms with van der Waals surface area (Å²) in [5.74, 6) is -0.980. The van der Waals surface area contributed by atoms with Gasteiger partial charge in [-0.25, -0.2) is 9.59 Å². The van der Waals surface area contributed by atoms with Crippen LogP contribution < -0.4 is 0 Å². The van der Waals surface area contributed by atoms with E-state index in [1.54, 1.807) is 0 Å². The molecule has 0 amide bonds. The molecule has 0 aromatic rings. The van der Waals surface area contributed by atoms with E-state index in [1.807, 2.05) is 6.92 Å². The molecule has 1 aliphatic rings. The Morgan fingerprint density at radius 3 is 2.29 bits per heavy atom. The fourth-order valence-electron chi connectivity index (χ4n) is 2.06. The zero-order valence-electron chi connectivity index (χ0n) is 10.1. The van der Waals surface area contributed by atoms with Crippen molar-refractivity contribution in [3.63, 3.8) is 0 Å². The predicted molar refractivity (Wildman–Crippen MR) is 65.8 cm³/mol. The first-order valence-corrected chi connectivity index (χ1v) is 6.26. The zero-order valence-corrected chi connectivity index (χ0v) is 11.1. The molecule has 0 aliphatic heterocycles. The average molecular weight is 254 g/mol. The Kier molecular flexibility index (Phi) is 4.72. The third-order valence-electron chi connectivity index (χ3n) is 2.79. The number of hydrogen-bond acceptors (Lipinski definition) is 4. The molecule has 0 spiro atoms. The molecule has 5 heteroatoms. The molecule has 0 fully saturated rings. The van der Waals surface area contributed by atoms with Crippen molar-refractivity contribution in [2.24, 2.45) is 5.92 Å². The molecule has 92 valence electrons. The molecule has 3 atom stereocenters. The van der Waals surface area contributed by atoms with Crippen LogP contribution in [-0.4, -0.2) is 31.8 Å². The van der Waals surface area contributed by atoms with Crippen LogP contribution >= 0.6 is 8.58 Å². The Hall–Kier alpha value is -1.33. The van der Waals surface area contributed by atoms with Gasteiger partial charge in [0.05, 0.1) is 25.4 Å². The monoisotopic (exact) mass is 254 g/mol. The summed E-state index contributed by atoms with van der Waals surface area (Å²) in [4.78, 5) is 23.4. The number of esters is 2. The summed E-state index contributed by atoms with van der Waals surface area (Å²) in [7, 11) is 2.77. The SMILES string of the molecule is C#CP[C@H]1C[C@@H](C)C(C(=O)OC)=C1C(=O)OC. The van der Waals surface area contributed by atoms with Crippen molar-refractivity contribution in [3.8, 4) is 12.1 Å². The van der Waals surface area contributed by atoms with E-state index in [0.29, 0.717) is 17.6 Å². The van der Waals surface area contributed by atoms with Gasteiger partial charge >= 0.3 is 11.9 Å². The van der Waals surface area contributed by atoms with Crippen LogP contribution in [0.4, 0.5) is 0 Å². The lowest BCUT2D eigenvalue weighted by atomic mass is 10.0. The number of rotatable bonds is 3. The highest BCUT2D eigenvalue weighted by Crippen LogP contribution is 2.42. The van der Waals surface area contributed by atoms with Gasteiger partial charge in [-0.15, -0.1) is 6.42 Å². The van der Waals surface area contributed by atoms with Crippen LogP contribution in [0, 0.1) is 18.0 Å². The summed E-state index contributed by atoms with van der Waals surface area (Å²) >= 11 is 0. The minimum Gasteiger partial charge on any atom is -0.466 e. The predicted octanol–water partition coefficient (Wildman–Crippen LogP) is 1.31. The number of terminal acetylenes is 1. The first-order valence-electron chi connectivity index (χ1n) is 5.18. The quantitative estimate of drug-likeness (QED) is 0.433. The van der Waals surface area contributed by atoms with Crippen LogP contribution in [0.25, 0.3) is 0 Å². The maximum absolute atomic E-state index is 11.7. The lowest BCUT2D eigenvalue weighted by Crippen LogP contribution is -2.16. The van der Waals surface area contributed by atoms with Crippen molar-refractivity contribution >= 4 is 20.5 Å². The van der Waals surface area contributed by atoms with Crippen LogP contribution in [-0.2, 0) is 19.1 Å². The smallest absolute Gasteiger partial charge is 0.334 e. The summed E-state index contributed by atoms with van der Waals surface area (Å²) in [5, 5.41) is 0. The molecular formula is C12H15O4P. The summed E-state index contributed by atoms with van der Waals surface area (Å²) < 4.78 is 9.42. The third kappa shape index (κ3) is 2.68. The molecule has 4 nitrogen and oxygen atoms in total. The lowest BCUT2D eigenvalue weighted by molar-refractivity contribution is -0.139. The molecule has 17 heavy (non-hydrogen) atoms. The Morgan fingerprint density at radius 1 is 1.29 bits per heavy atom. The lowest BCUT2D eigenvalue weighted by Gasteiger charge is -2.10. The van der Waals surface area contributed by atoms with Gasteiger partial charge in [-0.1, -0.05) is 12.6 Å². The molecule has 0 aromatic heterocycles. The third-order valence-corrected chi connectivity index (χ3v) is 3.83. The normalized spacial score (nSPS) is 23.9. The van der Waals surface area contributed by atoms with Gasteiger partial charge in [-0.05, 0) is 20.9 Å². The van der Waals surface area contributed by atoms with Gasteiger partial charge in [0.1, 0.15) is 0 Å². The van der Waals surface area contributed by atoms with Crippen LogP contribution in [0.2, 0.25) is 0 Å². The topological polar surface area (TPSA) is 52.6 Å². The number of carbonyl (C=O) groups excluding carboxylic acids is 2. The van der Waals surface area contributed by atoms with Crippen LogP contribution in [0.15, 0.2) is 11.1 Å². The first-order chi connectivity index (χ1) is 8.06. The van der Waals surface area contributed by atoms with E-state index in [4.69, 9.17) is 15.9 Å². The van der Waals surface area contributed by atoms with E-state index < -0.39 is 11.9 Å². The Labute approximate surface area is 103 Å². The van der Waals surface area contributed by atoms with Gasteiger partial charge in [-0.2, -0.15) is 0 Å². The van der Waals surface area contributed by atoms with Gasteiger partial charge in [0.25, 0.3) is 0 Å². The summed E-state index contributed by atoms with van der Waals surface area (Å²) in [5.41, 5.74) is 3.26. The second kappa shape index (κ2) is 5.84. The van der Waals surface area contributed by atoms with Crippen molar-refractivity contribution < 1.29 is 19.1 Å². The van der Waals surface area contributed by atoms with Crippen molar-refractivity contribution in [1.82, 2.24) is 0 Å². The highest BCUT2D eigenvalue weighted by Gasteiger charge is 2.39. The van der Waals surface area contributed by atoms with E-state index in [0.717, 1.165) is 0 Å². The Morgan fingerprint density at radius 2 is 1.82 bits per heavy atom. The summed E-state index contributed by atoms with van der Waals surface area (Å²) in [6.07, 6.45) is 5.98. The van der Waals surface area contributed by atoms with Gasteiger partial charge in [0.15, 0.2) is 0 Å². The minimum atomic E-state index is -0.484. The molecule has 1 rings (SSSR count). The van der Waals surface area contributed by atoms with Gasteiger partial charge in [-0.3, -0.25) is 0 Å². The number of methoxy groups -OCH3 is 2. The van der Waals surface area contributed by atoms with Gasteiger partial charge in [0, 0.05) is 5.66 Å². The van der Waals surface area contributed by atoms with Crippen LogP contribution in [0.1, 0.15) is 13.3 Å². The van der Waals surface area contributed by atoms with E-state index in [1.165, 1.54) is 14.2 Å². The molecule has 0 bridgehead atoms. The second-order valence-corrected chi connectivity index (χ2v) is 5.06. The van der Waals surface area contributed by atoms with E-state index >= 15 is 0 Å². The van der Waals surface area contributed by atoms with E-state index in [-0.39, 0.29) is 20.2 Å². The molecule has 1 aliphatic carbocycles. The maximum atomic E-state index is 11.7. The maximum Gasteiger partial charge on any atom is 0.334 e. The standard InChI is InChI=1S/C12H15O4P/c1-5-17-8-6-7(2)9(11(13)15-3)10(8)12(14)16-4/h1,7-8,17H,6H2,2-4H3/t7-,8+/m1/s1. The molecule has 0 aromatic carbocycles. The molecule has 0 radical (unpaired) electrons. The largest absolute Gasteiger partial charge is 0.466 e. The van der Waals surface area contributed by atoms with Crippen molar-refractivity contribution in [1.29, 1.82) is 0 Å². The zero-order chi connectivity index (χ0) is 13.0. The molecular weight excluding hydrogens is 239 g/mol. The number of ether oxygens (including phenoxy) is 2. The van der Waals surface area contributed by atoms with Gasteiger partial charge in [0.2, 0.25) is 0 Å². The molecule has 0 saturated heterocycles. The van der Waals surface area contributed by atoms with E-state index in [2.05, 4.69) is 5.66 Å². The molecule has 0 heterocycles. The molecule has 0 N–H and O–H groups in total. The molecule has 0 saturated carbocycles. The average Bonchev–Trinajstić information content (AvgIpc) is 2.64. The van der Waals surface area contributed by atoms with E-state index in [9.17, 15) is 9.59 Å². The summed E-state index contributed by atoms with van der Waals surface area (Å²) in [6.45, 7) is 1.89. The fourth-order valence-corrected chi connectivity index (χ4v) is 3.15. The first kappa shape index (κ1) is 13.7.